The lowest BCUT2D eigenvalue weighted by molar-refractivity contribution is -0.236. The number of aromatic nitrogens is 2. The SMILES string of the molecule is O=C(OC[C@H]1O[C@@H](c2nnc(-c3ccccc3)o2)[C@H](OC(=O)c2ccccc2)[C@@H](OC(=O)c2ccccc2)[C@@H]1OC(=O)c1ccccc1)c1ccccc1. The van der Waals surface area contributed by atoms with E-state index in [1.165, 1.54) is 0 Å². The van der Waals surface area contributed by atoms with E-state index in [1.807, 2.05) is 6.07 Å². The highest BCUT2D eigenvalue weighted by Gasteiger charge is 2.55. The van der Waals surface area contributed by atoms with Crippen LogP contribution in [0.1, 0.15) is 53.4 Å². The minimum atomic E-state index is -1.57. The van der Waals surface area contributed by atoms with Crippen molar-refractivity contribution in [3.63, 3.8) is 0 Å². The maximum atomic E-state index is 13.8. The second-order valence-corrected chi connectivity index (χ2v) is 12.1. The van der Waals surface area contributed by atoms with E-state index in [1.54, 1.807) is 146 Å². The maximum Gasteiger partial charge on any atom is 0.338 e. The highest BCUT2D eigenvalue weighted by molar-refractivity contribution is 5.91. The number of esters is 4. The van der Waals surface area contributed by atoms with Gasteiger partial charge in [-0.05, 0) is 60.7 Å². The third-order valence-corrected chi connectivity index (χ3v) is 8.48. The van der Waals surface area contributed by atoms with Gasteiger partial charge in [0.25, 0.3) is 0 Å². The smallest absolute Gasteiger partial charge is 0.338 e. The topological polar surface area (TPSA) is 153 Å². The zero-order chi connectivity index (χ0) is 37.3. The van der Waals surface area contributed by atoms with E-state index in [9.17, 15) is 19.2 Å². The Bertz CT molecular complexity index is 2180. The van der Waals surface area contributed by atoms with Crippen LogP contribution >= 0.6 is 0 Å². The molecule has 2 heterocycles. The van der Waals surface area contributed by atoms with Crippen LogP contribution in [-0.4, -0.2) is 65.1 Å². The lowest BCUT2D eigenvalue weighted by Crippen LogP contribution is -2.60. The van der Waals surface area contributed by atoms with Crippen molar-refractivity contribution in [1.29, 1.82) is 0 Å². The van der Waals surface area contributed by atoms with Crippen LogP contribution in [0.4, 0.5) is 0 Å². The van der Waals surface area contributed by atoms with Gasteiger partial charge in [-0.1, -0.05) is 91.0 Å². The molecule has 0 saturated carbocycles. The predicted molar refractivity (Wildman–Crippen MR) is 191 cm³/mol. The molecule has 270 valence electrons. The zero-order valence-electron chi connectivity index (χ0n) is 28.5. The molecule has 5 atom stereocenters. The molecule has 0 N–H and O–H groups in total. The summed E-state index contributed by atoms with van der Waals surface area (Å²) in [7, 11) is 0. The number of carbonyl (C=O) groups excluding carboxylic acids is 4. The normalized spacial score (nSPS) is 19.2. The summed E-state index contributed by atoms with van der Waals surface area (Å²) in [5, 5.41) is 8.44. The van der Waals surface area contributed by atoms with E-state index in [0.29, 0.717) is 5.56 Å². The van der Waals surface area contributed by atoms with Crippen LogP contribution in [0.15, 0.2) is 156 Å². The summed E-state index contributed by atoms with van der Waals surface area (Å²) in [6, 6.07) is 41.6. The molecule has 0 aliphatic carbocycles. The lowest BCUT2D eigenvalue weighted by Gasteiger charge is -2.43. The molecule has 1 aliphatic rings. The molecule has 1 saturated heterocycles. The molecule has 0 bridgehead atoms. The molecule has 0 unspecified atom stereocenters. The molecule has 1 aliphatic heterocycles. The van der Waals surface area contributed by atoms with E-state index in [-0.39, 0.29) is 34.0 Å². The first-order valence-corrected chi connectivity index (χ1v) is 17.0. The fraction of sp³-hybridized carbons (Fsp3) is 0.143. The highest BCUT2D eigenvalue weighted by atomic mass is 16.7. The van der Waals surface area contributed by atoms with Crippen molar-refractivity contribution >= 4 is 23.9 Å². The van der Waals surface area contributed by atoms with Crippen LogP contribution in [-0.2, 0) is 23.7 Å². The van der Waals surface area contributed by atoms with Gasteiger partial charge in [0.05, 0.1) is 22.3 Å². The van der Waals surface area contributed by atoms with E-state index in [2.05, 4.69) is 10.2 Å². The van der Waals surface area contributed by atoms with Gasteiger partial charge in [-0.2, -0.15) is 0 Å². The molecule has 1 aromatic heterocycles. The fourth-order valence-electron chi connectivity index (χ4n) is 5.81. The molecule has 0 spiro atoms. The van der Waals surface area contributed by atoms with Gasteiger partial charge in [-0.3, -0.25) is 0 Å². The minimum Gasteiger partial charge on any atom is -0.459 e. The number of ether oxygens (including phenoxy) is 5. The Labute approximate surface area is 309 Å². The first-order chi connectivity index (χ1) is 26.4. The Balaban J connectivity index is 1.32. The van der Waals surface area contributed by atoms with Gasteiger partial charge in [0.2, 0.25) is 11.8 Å². The van der Waals surface area contributed by atoms with E-state index >= 15 is 0 Å². The van der Waals surface area contributed by atoms with Crippen molar-refractivity contribution in [2.75, 3.05) is 6.61 Å². The van der Waals surface area contributed by atoms with Crippen LogP contribution in [0.5, 0.6) is 0 Å². The average Bonchev–Trinajstić information content (AvgIpc) is 3.73. The quantitative estimate of drug-likeness (QED) is 0.103. The van der Waals surface area contributed by atoms with Crippen LogP contribution in [0.25, 0.3) is 11.5 Å². The summed E-state index contributed by atoms with van der Waals surface area (Å²) < 4.78 is 36.6. The van der Waals surface area contributed by atoms with Gasteiger partial charge in [0.1, 0.15) is 12.7 Å². The first-order valence-electron chi connectivity index (χ1n) is 17.0. The molecule has 5 aromatic carbocycles. The average molecular weight is 725 g/mol. The number of rotatable bonds is 11. The predicted octanol–water partition coefficient (Wildman–Crippen LogP) is 6.71. The molecule has 7 rings (SSSR count). The number of nitrogens with zero attached hydrogens (tertiary/aromatic N) is 2. The minimum absolute atomic E-state index is 0.129. The van der Waals surface area contributed by atoms with Crippen molar-refractivity contribution < 1.29 is 47.3 Å². The largest absolute Gasteiger partial charge is 0.459 e. The summed E-state index contributed by atoms with van der Waals surface area (Å²) >= 11 is 0. The van der Waals surface area contributed by atoms with Crippen molar-refractivity contribution in [2.24, 2.45) is 0 Å². The van der Waals surface area contributed by atoms with Gasteiger partial charge < -0.3 is 28.1 Å². The summed E-state index contributed by atoms with van der Waals surface area (Å²) in [5.74, 6) is -3.14. The lowest BCUT2D eigenvalue weighted by atomic mass is 9.93. The number of hydrogen-bond acceptors (Lipinski definition) is 12. The Morgan fingerprint density at radius 2 is 0.889 bits per heavy atom. The molecule has 0 amide bonds. The Kier molecular flexibility index (Phi) is 10.9. The molecule has 12 heteroatoms. The van der Waals surface area contributed by atoms with Gasteiger partial charge >= 0.3 is 23.9 Å². The van der Waals surface area contributed by atoms with Crippen molar-refractivity contribution in [3.05, 3.63) is 180 Å². The van der Waals surface area contributed by atoms with Crippen LogP contribution in [0.3, 0.4) is 0 Å². The third-order valence-electron chi connectivity index (χ3n) is 8.48. The molecule has 0 radical (unpaired) electrons. The molecular formula is C42H32N2O10. The standard InChI is InChI=1S/C42H32N2O10/c45-39(28-18-8-2-9-19-28)49-26-32-33(51-40(46)29-20-10-3-11-21-29)34(52-41(47)30-22-12-4-13-23-30)35(53-42(48)31-24-14-5-15-25-31)36(50-32)38-44-43-37(54-38)27-16-6-1-7-17-27/h1-25,32-36H,26H2/t32-,33-,34+,35-,36-/m1/s1. The third kappa shape index (κ3) is 8.24. The Morgan fingerprint density at radius 3 is 1.37 bits per heavy atom. The number of hydrogen-bond donors (Lipinski definition) is 0. The molecule has 6 aromatic rings. The van der Waals surface area contributed by atoms with E-state index in [0.717, 1.165) is 0 Å². The number of benzene rings is 5. The van der Waals surface area contributed by atoms with Gasteiger partial charge in [-0.25, -0.2) is 19.2 Å². The monoisotopic (exact) mass is 724 g/mol. The molecule has 54 heavy (non-hydrogen) atoms. The second-order valence-electron chi connectivity index (χ2n) is 12.1. The van der Waals surface area contributed by atoms with Crippen LogP contribution < -0.4 is 0 Å². The summed E-state index contributed by atoms with van der Waals surface area (Å²) in [5.41, 5.74) is 1.37. The van der Waals surface area contributed by atoms with Gasteiger partial charge in [0.15, 0.2) is 24.4 Å². The van der Waals surface area contributed by atoms with Crippen molar-refractivity contribution in [3.8, 4) is 11.5 Å². The summed E-state index contributed by atoms with van der Waals surface area (Å²) in [4.78, 5) is 54.5. The number of carbonyl (C=O) groups is 4. The second kappa shape index (κ2) is 16.6. The van der Waals surface area contributed by atoms with Gasteiger partial charge in [0, 0.05) is 5.56 Å². The van der Waals surface area contributed by atoms with Crippen molar-refractivity contribution in [2.45, 2.75) is 30.5 Å². The van der Waals surface area contributed by atoms with E-state index < -0.39 is 61.0 Å². The fourth-order valence-corrected chi connectivity index (χ4v) is 5.81. The summed E-state index contributed by atoms with van der Waals surface area (Å²) in [6.07, 6.45) is -7.34. The summed E-state index contributed by atoms with van der Waals surface area (Å²) in [6.45, 7) is -0.491. The zero-order valence-corrected chi connectivity index (χ0v) is 28.5. The van der Waals surface area contributed by atoms with E-state index in [4.69, 9.17) is 28.1 Å². The first kappa shape index (κ1) is 35.5. The van der Waals surface area contributed by atoms with Crippen LogP contribution in [0.2, 0.25) is 0 Å². The van der Waals surface area contributed by atoms with Gasteiger partial charge in [-0.15, -0.1) is 10.2 Å². The molecule has 12 nitrogen and oxygen atoms in total. The molecular weight excluding hydrogens is 692 g/mol. The van der Waals surface area contributed by atoms with Crippen molar-refractivity contribution in [1.82, 2.24) is 10.2 Å². The highest BCUT2D eigenvalue weighted by Crippen LogP contribution is 2.39. The Morgan fingerprint density at radius 1 is 0.481 bits per heavy atom. The van der Waals surface area contributed by atoms with Crippen LogP contribution in [0, 0.1) is 0 Å². The maximum absolute atomic E-state index is 13.8. The molecule has 1 fully saturated rings. The Hall–Kier alpha value is -6.92.